The van der Waals surface area contributed by atoms with Gasteiger partial charge in [-0.2, -0.15) is 0 Å². The Morgan fingerprint density at radius 3 is 2.76 bits per heavy atom. The van der Waals surface area contributed by atoms with Crippen molar-refractivity contribution in [2.24, 2.45) is 10.7 Å². The summed E-state index contributed by atoms with van der Waals surface area (Å²) in [6.45, 7) is 4.96. The minimum atomic E-state index is 0.473. The van der Waals surface area contributed by atoms with Crippen LogP contribution in [0.25, 0.3) is 0 Å². The molecule has 0 aromatic heterocycles. The Balaban J connectivity index is 2.23. The van der Waals surface area contributed by atoms with Gasteiger partial charge in [0.1, 0.15) is 0 Å². The Hall–Kier alpha value is -1.48. The fourth-order valence-corrected chi connectivity index (χ4v) is 1.49. The summed E-state index contributed by atoms with van der Waals surface area (Å²) in [5.74, 6) is 0.473. The first-order valence-corrected chi connectivity index (χ1v) is 5.99. The maximum Gasteiger partial charge on any atom is 0.188 e. The average Bonchev–Trinajstić information content (AvgIpc) is 2.34. The molecule has 0 heterocycles. The molecule has 4 heteroatoms. The number of benzene rings is 1. The van der Waals surface area contributed by atoms with Gasteiger partial charge in [0.25, 0.3) is 0 Å². The van der Waals surface area contributed by atoms with Crippen LogP contribution in [0, 0.1) is 0 Å². The highest BCUT2D eigenvalue weighted by Crippen LogP contribution is 2.10. The van der Waals surface area contributed by atoms with E-state index in [1.807, 2.05) is 24.3 Å². The Bertz CT molecular complexity index is 371. The molecule has 0 amide bonds. The average molecular weight is 252 g/mol. The lowest BCUT2D eigenvalue weighted by Gasteiger charge is -2.02. The van der Waals surface area contributed by atoms with Gasteiger partial charge in [-0.3, -0.25) is 4.99 Å². The van der Waals surface area contributed by atoms with Crippen LogP contribution in [0.4, 0.5) is 0 Å². The van der Waals surface area contributed by atoms with Gasteiger partial charge in [-0.25, -0.2) is 0 Å². The smallest absolute Gasteiger partial charge is 0.188 e. The summed E-state index contributed by atoms with van der Waals surface area (Å²) in [5.41, 5.74) is 6.90. The van der Waals surface area contributed by atoms with E-state index in [1.165, 1.54) is 5.56 Å². The van der Waals surface area contributed by atoms with Crippen LogP contribution in [-0.4, -0.2) is 19.0 Å². The molecule has 0 atom stereocenters. The molecule has 0 saturated carbocycles. The van der Waals surface area contributed by atoms with Crippen LogP contribution in [-0.2, 0) is 6.42 Å². The summed E-state index contributed by atoms with van der Waals surface area (Å²) in [6, 6.07) is 7.87. The molecule has 0 bridgehead atoms. The third kappa shape index (κ3) is 5.97. The zero-order chi connectivity index (χ0) is 12.5. The van der Waals surface area contributed by atoms with E-state index in [0.717, 1.165) is 24.4 Å². The molecule has 0 aliphatic heterocycles. The number of hydrogen-bond donors (Lipinski definition) is 2. The van der Waals surface area contributed by atoms with Crippen LogP contribution in [0.1, 0.15) is 12.0 Å². The molecule has 0 aliphatic rings. The summed E-state index contributed by atoms with van der Waals surface area (Å²) >= 11 is 5.81. The van der Waals surface area contributed by atoms with Crippen molar-refractivity contribution in [2.45, 2.75) is 12.8 Å². The zero-order valence-electron chi connectivity index (χ0n) is 9.82. The van der Waals surface area contributed by atoms with Gasteiger partial charge in [0.15, 0.2) is 5.96 Å². The first-order valence-electron chi connectivity index (χ1n) is 5.61. The molecule has 1 rings (SSSR count). The van der Waals surface area contributed by atoms with E-state index >= 15 is 0 Å². The number of aliphatic imine (C=N–C) groups is 1. The molecule has 0 aliphatic carbocycles. The van der Waals surface area contributed by atoms with Crippen LogP contribution < -0.4 is 11.1 Å². The van der Waals surface area contributed by atoms with Gasteiger partial charge in [0.05, 0.1) is 0 Å². The van der Waals surface area contributed by atoms with Crippen LogP contribution in [0.5, 0.6) is 0 Å². The van der Waals surface area contributed by atoms with Crippen molar-refractivity contribution in [3.63, 3.8) is 0 Å². The van der Waals surface area contributed by atoms with E-state index in [1.54, 1.807) is 6.08 Å². The Morgan fingerprint density at radius 1 is 1.41 bits per heavy atom. The number of nitrogens with one attached hydrogen (secondary N) is 1. The second-order valence-electron chi connectivity index (χ2n) is 3.67. The summed E-state index contributed by atoms with van der Waals surface area (Å²) in [4.78, 5) is 4.20. The maximum atomic E-state index is 5.81. The van der Waals surface area contributed by atoms with Gasteiger partial charge in [0, 0.05) is 18.1 Å². The first-order chi connectivity index (χ1) is 8.22. The van der Waals surface area contributed by atoms with E-state index < -0.39 is 0 Å². The molecule has 0 fully saturated rings. The highest BCUT2D eigenvalue weighted by atomic mass is 35.5. The number of guanidine groups is 1. The minimum absolute atomic E-state index is 0.473. The van der Waals surface area contributed by atoms with E-state index in [9.17, 15) is 0 Å². The molecule has 17 heavy (non-hydrogen) atoms. The number of hydrogen-bond acceptors (Lipinski definition) is 1. The number of aryl methyl sites for hydroxylation is 1. The number of nitrogens with two attached hydrogens (primary N) is 1. The van der Waals surface area contributed by atoms with Crippen LogP contribution in [0.3, 0.4) is 0 Å². The summed E-state index contributed by atoms with van der Waals surface area (Å²) in [7, 11) is 0. The molecule has 3 nitrogen and oxygen atoms in total. The third-order valence-corrected chi connectivity index (χ3v) is 2.50. The van der Waals surface area contributed by atoms with E-state index in [4.69, 9.17) is 17.3 Å². The zero-order valence-corrected chi connectivity index (χ0v) is 10.6. The van der Waals surface area contributed by atoms with Crippen molar-refractivity contribution in [1.82, 2.24) is 5.32 Å². The Morgan fingerprint density at radius 2 is 2.12 bits per heavy atom. The molecule has 0 unspecified atom stereocenters. The summed E-state index contributed by atoms with van der Waals surface area (Å²) < 4.78 is 0. The molecule has 0 radical (unpaired) electrons. The maximum absolute atomic E-state index is 5.81. The van der Waals surface area contributed by atoms with Crippen molar-refractivity contribution >= 4 is 17.6 Å². The quantitative estimate of drug-likeness (QED) is 0.353. The van der Waals surface area contributed by atoms with Crippen LogP contribution in [0.15, 0.2) is 41.9 Å². The van der Waals surface area contributed by atoms with Crippen molar-refractivity contribution < 1.29 is 0 Å². The topological polar surface area (TPSA) is 50.4 Å². The number of rotatable bonds is 6. The van der Waals surface area contributed by atoms with Gasteiger partial charge >= 0.3 is 0 Å². The van der Waals surface area contributed by atoms with Gasteiger partial charge in [-0.05, 0) is 30.5 Å². The highest BCUT2D eigenvalue weighted by Gasteiger charge is 1.94. The van der Waals surface area contributed by atoms with E-state index in [2.05, 4.69) is 16.9 Å². The lowest BCUT2D eigenvalue weighted by Crippen LogP contribution is -2.31. The Kier molecular flexibility index (Phi) is 6.18. The third-order valence-electron chi connectivity index (χ3n) is 2.25. The van der Waals surface area contributed by atoms with Crippen LogP contribution in [0.2, 0.25) is 5.02 Å². The van der Waals surface area contributed by atoms with Gasteiger partial charge in [-0.1, -0.05) is 29.8 Å². The normalized spacial score (nSPS) is 11.2. The van der Waals surface area contributed by atoms with Crippen molar-refractivity contribution in [1.29, 1.82) is 0 Å². The molecule has 1 aromatic rings. The Labute approximate surface area is 107 Å². The lowest BCUT2D eigenvalue weighted by molar-refractivity contribution is 0.824. The number of halogens is 1. The van der Waals surface area contributed by atoms with Gasteiger partial charge in [0.2, 0.25) is 0 Å². The molecule has 0 saturated heterocycles. The fourth-order valence-electron chi connectivity index (χ4n) is 1.37. The molecular weight excluding hydrogens is 234 g/mol. The molecule has 1 aromatic carbocycles. The van der Waals surface area contributed by atoms with Gasteiger partial charge in [-0.15, -0.1) is 6.58 Å². The minimum Gasteiger partial charge on any atom is -0.370 e. The molecule has 0 spiro atoms. The molecule has 92 valence electrons. The summed E-state index contributed by atoms with van der Waals surface area (Å²) in [6.07, 6.45) is 3.70. The predicted octanol–water partition coefficient (Wildman–Crippen LogP) is 2.36. The van der Waals surface area contributed by atoms with Crippen molar-refractivity contribution in [3.05, 3.63) is 47.5 Å². The first kappa shape index (κ1) is 13.6. The molecule has 3 N–H and O–H groups in total. The fraction of sp³-hybridized carbons (Fsp3) is 0.308. The predicted molar refractivity (Wildman–Crippen MR) is 74.5 cm³/mol. The van der Waals surface area contributed by atoms with Crippen LogP contribution >= 0.6 is 11.6 Å². The lowest BCUT2D eigenvalue weighted by atomic mass is 10.1. The standard InChI is InChI=1S/C13H18ClN3/c1-2-9-16-13(15)17-10-3-4-11-5-7-12(14)8-6-11/h2,5-8H,1,3-4,9-10H2,(H3,15,16,17). The number of nitrogens with zero attached hydrogens (tertiary/aromatic N) is 1. The second kappa shape index (κ2) is 7.74. The molecular formula is C13H18ClN3. The van der Waals surface area contributed by atoms with E-state index in [-0.39, 0.29) is 0 Å². The monoisotopic (exact) mass is 251 g/mol. The second-order valence-corrected chi connectivity index (χ2v) is 4.10. The SMILES string of the molecule is C=CCNC(N)=NCCCc1ccc(Cl)cc1. The largest absolute Gasteiger partial charge is 0.370 e. The summed E-state index contributed by atoms with van der Waals surface area (Å²) in [5, 5.41) is 3.70. The van der Waals surface area contributed by atoms with Crippen molar-refractivity contribution in [3.8, 4) is 0 Å². The highest BCUT2D eigenvalue weighted by molar-refractivity contribution is 6.30. The van der Waals surface area contributed by atoms with Gasteiger partial charge < -0.3 is 11.1 Å². The van der Waals surface area contributed by atoms with E-state index in [0.29, 0.717) is 12.5 Å². The van der Waals surface area contributed by atoms with Crippen molar-refractivity contribution in [2.75, 3.05) is 13.1 Å².